The fraction of sp³-hybridized carbons (Fsp3) is 0.400. The summed E-state index contributed by atoms with van der Waals surface area (Å²) in [6.07, 6.45) is 1.94. The summed E-state index contributed by atoms with van der Waals surface area (Å²) in [6.45, 7) is 6.07. The van der Waals surface area contributed by atoms with E-state index in [1.807, 2.05) is 30.5 Å². The van der Waals surface area contributed by atoms with Crippen molar-refractivity contribution in [3.63, 3.8) is 0 Å². The molecule has 102 valence electrons. The predicted octanol–water partition coefficient (Wildman–Crippen LogP) is 2.47. The molecular formula is C15H20N2O2. The molecule has 2 aromatic rings. The van der Waals surface area contributed by atoms with Crippen molar-refractivity contribution in [3.8, 4) is 0 Å². The molecule has 0 radical (unpaired) electrons. The lowest BCUT2D eigenvalue weighted by Crippen LogP contribution is -2.18. The topological polar surface area (TPSA) is 54.3 Å². The molecular weight excluding hydrogens is 240 g/mol. The van der Waals surface area contributed by atoms with Gasteiger partial charge in [-0.1, -0.05) is 32.0 Å². The number of hydrogen-bond acceptors (Lipinski definition) is 2. The Hall–Kier alpha value is -1.81. The fourth-order valence-electron chi connectivity index (χ4n) is 2.24. The summed E-state index contributed by atoms with van der Waals surface area (Å²) >= 11 is 0. The van der Waals surface area contributed by atoms with Crippen LogP contribution in [0.4, 0.5) is 0 Å². The van der Waals surface area contributed by atoms with E-state index in [4.69, 9.17) is 5.11 Å². The van der Waals surface area contributed by atoms with Crippen molar-refractivity contribution in [1.29, 1.82) is 0 Å². The third-order valence-corrected chi connectivity index (χ3v) is 3.04. The van der Waals surface area contributed by atoms with Crippen molar-refractivity contribution >= 4 is 16.9 Å². The number of fused-ring (bicyclic) bond motifs is 1. The molecule has 0 unspecified atom stereocenters. The standard InChI is InChI=1S/C15H20N2O2/c1-11(2)7-16-8-12-9-17(10-15(18)19)14-6-4-3-5-13(12)14/h3-6,9,11,16H,7-8,10H2,1-2H3,(H,18,19). The van der Waals surface area contributed by atoms with Gasteiger partial charge in [0.2, 0.25) is 0 Å². The van der Waals surface area contributed by atoms with Crippen LogP contribution in [-0.4, -0.2) is 22.2 Å². The highest BCUT2D eigenvalue weighted by Gasteiger charge is 2.09. The van der Waals surface area contributed by atoms with E-state index in [0.717, 1.165) is 29.6 Å². The molecule has 0 aliphatic carbocycles. The van der Waals surface area contributed by atoms with Gasteiger partial charge in [-0.3, -0.25) is 4.79 Å². The van der Waals surface area contributed by atoms with Crippen LogP contribution >= 0.6 is 0 Å². The summed E-state index contributed by atoms with van der Waals surface area (Å²) in [6, 6.07) is 7.93. The van der Waals surface area contributed by atoms with E-state index in [2.05, 4.69) is 19.2 Å². The second-order valence-corrected chi connectivity index (χ2v) is 5.22. The minimum atomic E-state index is -0.817. The van der Waals surface area contributed by atoms with Gasteiger partial charge in [0.15, 0.2) is 0 Å². The molecule has 19 heavy (non-hydrogen) atoms. The quantitative estimate of drug-likeness (QED) is 0.839. The van der Waals surface area contributed by atoms with Gasteiger partial charge in [-0.05, 0) is 24.1 Å². The molecule has 0 aliphatic heterocycles. The molecule has 4 nitrogen and oxygen atoms in total. The van der Waals surface area contributed by atoms with Gasteiger partial charge >= 0.3 is 5.97 Å². The summed E-state index contributed by atoms with van der Waals surface area (Å²) in [5.74, 6) is -0.213. The molecule has 0 aliphatic rings. The molecule has 0 atom stereocenters. The first-order chi connectivity index (χ1) is 9.08. The number of nitrogens with one attached hydrogen (secondary N) is 1. The van der Waals surface area contributed by atoms with Gasteiger partial charge in [0, 0.05) is 23.6 Å². The van der Waals surface area contributed by atoms with Gasteiger partial charge in [-0.2, -0.15) is 0 Å². The van der Waals surface area contributed by atoms with E-state index in [-0.39, 0.29) is 6.54 Å². The highest BCUT2D eigenvalue weighted by atomic mass is 16.4. The Kier molecular flexibility index (Phi) is 4.22. The lowest BCUT2D eigenvalue weighted by molar-refractivity contribution is -0.137. The molecule has 1 heterocycles. The maximum absolute atomic E-state index is 10.9. The normalized spacial score (nSPS) is 11.3. The lowest BCUT2D eigenvalue weighted by atomic mass is 10.1. The molecule has 4 heteroatoms. The maximum atomic E-state index is 10.9. The molecule has 1 aromatic carbocycles. The van der Waals surface area contributed by atoms with E-state index in [1.54, 1.807) is 4.57 Å². The Morgan fingerprint density at radius 1 is 1.37 bits per heavy atom. The number of para-hydroxylation sites is 1. The average Bonchev–Trinajstić information content (AvgIpc) is 2.67. The van der Waals surface area contributed by atoms with Gasteiger partial charge in [0.1, 0.15) is 6.54 Å². The van der Waals surface area contributed by atoms with Crippen molar-refractivity contribution in [2.75, 3.05) is 6.54 Å². The van der Waals surface area contributed by atoms with Gasteiger partial charge in [0.25, 0.3) is 0 Å². The highest BCUT2D eigenvalue weighted by Crippen LogP contribution is 2.21. The molecule has 0 saturated heterocycles. The third-order valence-electron chi connectivity index (χ3n) is 3.04. The van der Waals surface area contributed by atoms with Crippen LogP contribution in [0.3, 0.4) is 0 Å². The van der Waals surface area contributed by atoms with Crippen molar-refractivity contribution in [3.05, 3.63) is 36.0 Å². The van der Waals surface area contributed by atoms with Crippen molar-refractivity contribution in [2.24, 2.45) is 5.92 Å². The minimum absolute atomic E-state index is 0.00466. The first-order valence-electron chi connectivity index (χ1n) is 6.57. The summed E-state index contributed by atoms with van der Waals surface area (Å²) in [7, 11) is 0. The summed E-state index contributed by atoms with van der Waals surface area (Å²) in [4.78, 5) is 10.9. The van der Waals surface area contributed by atoms with Gasteiger partial charge in [-0.15, -0.1) is 0 Å². The lowest BCUT2D eigenvalue weighted by Gasteiger charge is -2.06. The van der Waals surface area contributed by atoms with Crippen LogP contribution in [-0.2, 0) is 17.9 Å². The number of rotatable bonds is 6. The largest absolute Gasteiger partial charge is 0.480 e. The van der Waals surface area contributed by atoms with Crippen LogP contribution in [0.15, 0.2) is 30.5 Å². The Morgan fingerprint density at radius 3 is 2.79 bits per heavy atom. The maximum Gasteiger partial charge on any atom is 0.323 e. The molecule has 1 aromatic heterocycles. The van der Waals surface area contributed by atoms with Gasteiger partial charge in [-0.25, -0.2) is 0 Å². The number of carbonyl (C=O) groups is 1. The van der Waals surface area contributed by atoms with E-state index in [0.29, 0.717) is 5.92 Å². The fourth-order valence-corrected chi connectivity index (χ4v) is 2.24. The number of carboxylic acid groups (broad SMARTS) is 1. The van der Waals surface area contributed by atoms with E-state index < -0.39 is 5.97 Å². The van der Waals surface area contributed by atoms with Crippen LogP contribution in [0.1, 0.15) is 19.4 Å². The van der Waals surface area contributed by atoms with E-state index >= 15 is 0 Å². The number of nitrogens with zero attached hydrogens (tertiary/aromatic N) is 1. The molecule has 0 bridgehead atoms. The number of aliphatic carboxylic acids is 1. The molecule has 2 N–H and O–H groups in total. The number of benzene rings is 1. The van der Waals surface area contributed by atoms with Crippen molar-refractivity contribution < 1.29 is 9.90 Å². The number of aromatic nitrogens is 1. The van der Waals surface area contributed by atoms with Crippen LogP contribution in [0.25, 0.3) is 10.9 Å². The second-order valence-electron chi connectivity index (χ2n) is 5.22. The SMILES string of the molecule is CC(C)CNCc1cn(CC(=O)O)c2ccccc12. The monoisotopic (exact) mass is 260 g/mol. The molecule has 2 rings (SSSR count). The molecule has 0 fully saturated rings. The molecule has 0 spiro atoms. The first-order valence-corrected chi connectivity index (χ1v) is 6.57. The van der Waals surface area contributed by atoms with Crippen molar-refractivity contribution in [2.45, 2.75) is 26.9 Å². The Labute approximate surface area is 113 Å². The second kappa shape index (κ2) is 5.89. The zero-order chi connectivity index (χ0) is 13.8. The van der Waals surface area contributed by atoms with E-state index in [1.165, 1.54) is 0 Å². The number of hydrogen-bond donors (Lipinski definition) is 2. The molecule has 0 saturated carbocycles. The van der Waals surface area contributed by atoms with Gasteiger partial charge < -0.3 is 15.0 Å². The minimum Gasteiger partial charge on any atom is -0.480 e. The average molecular weight is 260 g/mol. The van der Waals surface area contributed by atoms with Crippen LogP contribution in [0.2, 0.25) is 0 Å². The zero-order valence-corrected chi connectivity index (χ0v) is 11.4. The first kappa shape index (κ1) is 13.6. The van der Waals surface area contributed by atoms with Crippen LogP contribution < -0.4 is 5.32 Å². The zero-order valence-electron chi connectivity index (χ0n) is 11.4. The summed E-state index contributed by atoms with van der Waals surface area (Å²) in [5.41, 5.74) is 2.13. The van der Waals surface area contributed by atoms with Crippen LogP contribution in [0, 0.1) is 5.92 Å². The number of carboxylic acids is 1. The third kappa shape index (κ3) is 3.35. The molecule has 0 amide bonds. The highest BCUT2D eigenvalue weighted by molar-refractivity contribution is 5.85. The Balaban J connectivity index is 2.25. The summed E-state index contributed by atoms with van der Waals surface area (Å²) < 4.78 is 1.80. The van der Waals surface area contributed by atoms with E-state index in [9.17, 15) is 4.79 Å². The summed E-state index contributed by atoms with van der Waals surface area (Å²) in [5, 5.41) is 13.5. The van der Waals surface area contributed by atoms with Crippen molar-refractivity contribution in [1.82, 2.24) is 9.88 Å². The van der Waals surface area contributed by atoms with Crippen LogP contribution in [0.5, 0.6) is 0 Å². The van der Waals surface area contributed by atoms with Gasteiger partial charge in [0.05, 0.1) is 0 Å². The Morgan fingerprint density at radius 2 is 2.11 bits per heavy atom. The predicted molar refractivity (Wildman–Crippen MR) is 76.1 cm³/mol. The Bertz CT molecular complexity index is 573. The smallest absolute Gasteiger partial charge is 0.323 e.